The molecule has 0 saturated carbocycles. The van der Waals surface area contributed by atoms with Crippen molar-refractivity contribution in [3.63, 3.8) is 0 Å². The molecule has 0 saturated heterocycles. The fourth-order valence-electron chi connectivity index (χ4n) is 3.19. The standard InChI is InChI=1S/C27H22O12/c28-17-5-1-15(10-19(17)30)12-23(26(34)35)38-22-7-3-14(9-21(22)32)4-8-25(33)39-24(27(36)37)13-16-2-6-18(29)20(31)11-16/h1-12,24,28-32H,13H2,(H,34,35)(H,36,37)/b8-4+,23-12+/t24-/m1/s1. The predicted molar refractivity (Wildman–Crippen MR) is 134 cm³/mol. The number of hydrogen-bond donors (Lipinski definition) is 7. The van der Waals surface area contributed by atoms with Crippen LogP contribution in [0.1, 0.15) is 16.7 Å². The number of aliphatic carboxylic acids is 2. The Morgan fingerprint density at radius 1 is 0.744 bits per heavy atom. The fourth-order valence-corrected chi connectivity index (χ4v) is 3.19. The van der Waals surface area contributed by atoms with Gasteiger partial charge in [0.15, 0.2) is 34.5 Å². The lowest BCUT2D eigenvalue weighted by atomic mass is 10.1. The lowest BCUT2D eigenvalue weighted by Crippen LogP contribution is -2.28. The highest BCUT2D eigenvalue weighted by Gasteiger charge is 2.22. The molecule has 0 spiro atoms. The van der Waals surface area contributed by atoms with Gasteiger partial charge in [0, 0.05) is 12.5 Å². The zero-order chi connectivity index (χ0) is 28.7. The summed E-state index contributed by atoms with van der Waals surface area (Å²) < 4.78 is 10.2. The van der Waals surface area contributed by atoms with Crippen molar-refractivity contribution in [1.29, 1.82) is 0 Å². The molecule has 0 fully saturated rings. The third kappa shape index (κ3) is 7.67. The number of carbonyl (C=O) groups is 3. The third-order valence-corrected chi connectivity index (χ3v) is 5.12. The maximum atomic E-state index is 12.2. The van der Waals surface area contributed by atoms with E-state index in [1.54, 1.807) is 0 Å². The zero-order valence-corrected chi connectivity index (χ0v) is 19.9. The zero-order valence-electron chi connectivity index (χ0n) is 19.9. The molecule has 3 aromatic rings. The first kappa shape index (κ1) is 27.9. The molecule has 0 unspecified atom stereocenters. The van der Waals surface area contributed by atoms with Crippen LogP contribution in [0, 0.1) is 0 Å². The SMILES string of the molecule is O=C(/C=C/c1ccc(O/C(=C/c2ccc(O)c(O)c2)C(=O)O)c(O)c1)O[C@H](Cc1ccc(O)c(O)c1)C(=O)O. The van der Waals surface area contributed by atoms with Gasteiger partial charge in [0.05, 0.1) is 0 Å². The Morgan fingerprint density at radius 2 is 1.36 bits per heavy atom. The van der Waals surface area contributed by atoms with Gasteiger partial charge in [0.2, 0.25) is 11.9 Å². The summed E-state index contributed by atoms with van der Waals surface area (Å²) in [4.78, 5) is 35.3. The van der Waals surface area contributed by atoms with Crippen molar-refractivity contribution in [1.82, 2.24) is 0 Å². The third-order valence-electron chi connectivity index (χ3n) is 5.12. The van der Waals surface area contributed by atoms with E-state index in [1.807, 2.05) is 0 Å². The maximum absolute atomic E-state index is 12.2. The number of carbonyl (C=O) groups excluding carboxylic acids is 1. The van der Waals surface area contributed by atoms with Crippen LogP contribution in [-0.2, 0) is 25.5 Å². The number of benzene rings is 3. The predicted octanol–water partition coefficient (Wildman–Crippen LogP) is 2.97. The van der Waals surface area contributed by atoms with Crippen molar-refractivity contribution in [2.24, 2.45) is 0 Å². The molecular formula is C27H22O12. The number of hydrogen-bond acceptors (Lipinski definition) is 10. The average molecular weight is 538 g/mol. The van der Waals surface area contributed by atoms with Gasteiger partial charge in [-0.25, -0.2) is 14.4 Å². The van der Waals surface area contributed by atoms with E-state index in [1.165, 1.54) is 36.4 Å². The second kappa shape index (κ2) is 12.1. The molecule has 0 aliphatic rings. The Balaban J connectivity index is 1.69. The van der Waals surface area contributed by atoms with E-state index in [-0.39, 0.29) is 23.3 Å². The molecule has 0 bridgehead atoms. The first-order valence-corrected chi connectivity index (χ1v) is 11.0. The molecular weight excluding hydrogens is 516 g/mol. The van der Waals surface area contributed by atoms with Crippen LogP contribution in [0.4, 0.5) is 0 Å². The second-order valence-electron chi connectivity index (χ2n) is 8.02. The maximum Gasteiger partial charge on any atom is 0.371 e. The number of phenols is 5. The van der Waals surface area contributed by atoms with Crippen molar-refractivity contribution in [3.8, 4) is 34.5 Å². The molecule has 39 heavy (non-hydrogen) atoms. The van der Waals surface area contributed by atoms with Crippen LogP contribution in [0.25, 0.3) is 12.2 Å². The minimum Gasteiger partial charge on any atom is -0.504 e. The number of rotatable bonds is 10. The smallest absolute Gasteiger partial charge is 0.371 e. The molecule has 0 heterocycles. The lowest BCUT2D eigenvalue weighted by Gasteiger charge is -2.13. The summed E-state index contributed by atoms with van der Waals surface area (Å²) in [6.45, 7) is 0. The summed E-state index contributed by atoms with van der Waals surface area (Å²) in [5.74, 6) is -6.98. The number of phenolic OH excluding ortho intramolecular Hbond substituents is 5. The highest BCUT2D eigenvalue weighted by Crippen LogP contribution is 2.31. The molecule has 3 rings (SSSR count). The fraction of sp³-hybridized carbons (Fsp3) is 0.0741. The summed E-state index contributed by atoms with van der Waals surface area (Å²) >= 11 is 0. The Bertz CT molecular complexity index is 1470. The Hall–Kier alpha value is -5.65. The number of esters is 1. The molecule has 0 amide bonds. The number of carboxylic acids is 2. The van der Waals surface area contributed by atoms with E-state index in [4.69, 9.17) is 9.47 Å². The summed E-state index contributed by atoms with van der Waals surface area (Å²) in [5.41, 5.74) is 0.755. The first-order chi connectivity index (χ1) is 18.4. The van der Waals surface area contributed by atoms with Crippen molar-refractivity contribution in [2.45, 2.75) is 12.5 Å². The minimum atomic E-state index is -1.59. The molecule has 3 aromatic carbocycles. The van der Waals surface area contributed by atoms with Gasteiger partial charge in [-0.05, 0) is 65.2 Å². The van der Waals surface area contributed by atoms with Crippen LogP contribution in [0.5, 0.6) is 34.5 Å². The molecule has 12 nitrogen and oxygen atoms in total. The summed E-state index contributed by atoms with van der Waals surface area (Å²) in [6, 6.07) is 11.0. The number of aromatic hydroxyl groups is 5. The lowest BCUT2D eigenvalue weighted by molar-refractivity contribution is -0.160. The normalized spacial score (nSPS) is 12.2. The Morgan fingerprint density at radius 3 is 1.95 bits per heavy atom. The van der Waals surface area contributed by atoms with Gasteiger partial charge in [-0.2, -0.15) is 0 Å². The van der Waals surface area contributed by atoms with Crippen molar-refractivity contribution >= 4 is 30.1 Å². The summed E-state index contributed by atoms with van der Waals surface area (Å²) in [7, 11) is 0. The van der Waals surface area contributed by atoms with Gasteiger partial charge in [-0.1, -0.05) is 18.2 Å². The Kier molecular flexibility index (Phi) is 8.64. The van der Waals surface area contributed by atoms with Crippen LogP contribution >= 0.6 is 0 Å². The van der Waals surface area contributed by atoms with Crippen LogP contribution < -0.4 is 4.74 Å². The van der Waals surface area contributed by atoms with Crippen LogP contribution in [0.15, 0.2) is 66.4 Å². The van der Waals surface area contributed by atoms with Gasteiger partial charge in [0.25, 0.3) is 0 Å². The molecule has 7 N–H and O–H groups in total. The van der Waals surface area contributed by atoms with E-state index in [2.05, 4.69) is 0 Å². The first-order valence-electron chi connectivity index (χ1n) is 11.0. The molecule has 202 valence electrons. The summed E-state index contributed by atoms with van der Waals surface area (Å²) in [6.07, 6.45) is 1.32. The molecule has 12 heteroatoms. The van der Waals surface area contributed by atoms with E-state index in [0.717, 1.165) is 36.4 Å². The van der Waals surface area contributed by atoms with E-state index in [0.29, 0.717) is 5.56 Å². The van der Waals surface area contributed by atoms with Crippen LogP contribution in [-0.4, -0.2) is 59.8 Å². The minimum absolute atomic E-state index is 0.196. The van der Waals surface area contributed by atoms with E-state index in [9.17, 15) is 50.1 Å². The molecule has 0 radical (unpaired) electrons. The van der Waals surface area contributed by atoms with Crippen molar-refractivity contribution < 1.29 is 59.6 Å². The second-order valence-corrected chi connectivity index (χ2v) is 8.02. The Labute approximate surface area is 220 Å². The molecule has 0 aliphatic heterocycles. The highest BCUT2D eigenvalue weighted by molar-refractivity contribution is 5.91. The van der Waals surface area contributed by atoms with Gasteiger partial charge < -0.3 is 45.2 Å². The van der Waals surface area contributed by atoms with Crippen molar-refractivity contribution in [2.75, 3.05) is 0 Å². The molecule has 1 atom stereocenters. The van der Waals surface area contributed by atoms with Gasteiger partial charge >= 0.3 is 17.9 Å². The number of ether oxygens (including phenoxy) is 2. The number of carboxylic acid groups (broad SMARTS) is 2. The molecule has 0 aromatic heterocycles. The van der Waals surface area contributed by atoms with Crippen LogP contribution in [0.3, 0.4) is 0 Å². The average Bonchev–Trinajstić information content (AvgIpc) is 2.87. The monoisotopic (exact) mass is 538 g/mol. The topological polar surface area (TPSA) is 211 Å². The highest BCUT2D eigenvalue weighted by atomic mass is 16.6. The summed E-state index contributed by atoms with van der Waals surface area (Å²) in [5, 5.41) is 66.9. The van der Waals surface area contributed by atoms with Gasteiger partial charge in [0.1, 0.15) is 0 Å². The quantitative estimate of drug-likeness (QED) is 0.0859. The van der Waals surface area contributed by atoms with E-state index < -0.39 is 58.5 Å². The van der Waals surface area contributed by atoms with Gasteiger partial charge in [-0.3, -0.25) is 0 Å². The molecule has 0 aliphatic carbocycles. The van der Waals surface area contributed by atoms with Crippen LogP contribution in [0.2, 0.25) is 0 Å². The van der Waals surface area contributed by atoms with Crippen molar-refractivity contribution in [3.05, 3.63) is 83.1 Å². The van der Waals surface area contributed by atoms with Gasteiger partial charge in [-0.15, -0.1) is 0 Å². The largest absolute Gasteiger partial charge is 0.504 e. The van der Waals surface area contributed by atoms with E-state index >= 15 is 0 Å².